The first-order valence-corrected chi connectivity index (χ1v) is 6.69. The Hall–Kier alpha value is -2.05. The fraction of sp³-hybridized carbons (Fsp3) is 0.615. The molecule has 0 spiro atoms. The van der Waals surface area contributed by atoms with Crippen LogP contribution < -0.4 is 21.1 Å². The quantitative estimate of drug-likeness (QED) is 0.662. The first-order valence-electron chi connectivity index (χ1n) is 6.69. The number of nitrogens with zero attached hydrogens (tertiary/aromatic N) is 2. The average Bonchev–Trinajstić information content (AvgIpc) is 2.41. The second-order valence-corrected chi connectivity index (χ2v) is 4.80. The maximum atomic E-state index is 11.5. The van der Waals surface area contributed by atoms with Crippen LogP contribution in [0.15, 0.2) is 6.33 Å². The Morgan fingerprint density at radius 3 is 2.55 bits per heavy atom. The molecule has 0 bridgehead atoms. The van der Waals surface area contributed by atoms with Gasteiger partial charge in [-0.15, -0.1) is 0 Å². The molecule has 0 saturated carbocycles. The van der Waals surface area contributed by atoms with E-state index in [2.05, 4.69) is 27.5 Å². The van der Waals surface area contributed by atoms with Gasteiger partial charge < -0.3 is 21.1 Å². The van der Waals surface area contributed by atoms with E-state index in [1.807, 2.05) is 13.8 Å². The zero-order chi connectivity index (χ0) is 15.1. The van der Waals surface area contributed by atoms with E-state index in [4.69, 9.17) is 10.5 Å². The van der Waals surface area contributed by atoms with Crippen molar-refractivity contribution in [2.24, 2.45) is 11.7 Å². The molecule has 1 aromatic heterocycles. The minimum Gasteiger partial charge on any atom is -0.490 e. The van der Waals surface area contributed by atoms with E-state index in [0.29, 0.717) is 17.4 Å². The molecule has 112 valence electrons. The number of aromatic nitrogens is 2. The maximum absolute atomic E-state index is 11.5. The zero-order valence-corrected chi connectivity index (χ0v) is 12.4. The SMILES string of the molecule is CCCNc1ncnc(NC(C(N)=O)C(C)C)c1OC. The third-order valence-corrected chi connectivity index (χ3v) is 2.82. The van der Waals surface area contributed by atoms with Gasteiger partial charge in [0.05, 0.1) is 7.11 Å². The predicted molar refractivity (Wildman–Crippen MR) is 78.8 cm³/mol. The molecule has 1 rings (SSSR count). The largest absolute Gasteiger partial charge is 0.490 e. The first-order chi connectivity index (χ1) is 9.51. The van der Waals surface area contributed by atoms with Gasteiger partial charge >= 0.3 is 0 Å². The van der Waals surface area contributed by atoms with Gasteiger partial charge in [0.15, 0.2) is 11.6 Å². The molecule has 0 saturated heterocycles. The van der Waals surface area contributed by atoms with Crippen LogP contribution in [0, 0.1) is 5.92 Å². The lowest BCUT2D eigenvalue weighted by Crippen LogP contribution is -2.39. The summed E-state index contributed by atoms with van der Waals surface area (Å²) in [5.74, 6) is 1.15. The molecule has 1 atom stereocenters. The van der Waals surface area contributed by atoms with E-state index in [1.54, 1.807) is 0 Å². The van der Waals surface area contributed by atoms with E-state index in [9.17, 15) is 4.79 Å². The summed E-state index contributed by atoms with van der Waals surface area (Å²) in [6.45, 7) is 6.65. The van der Waals surface area contributed by atoms with E-state index in [0.717, 1.165) is 13.0 Å². The Balaban J connectivity index is 3.01. The summed E-state index contributed by atoms with van der Waals surface area (Å²) in [5.41, 5.74) is 5.39. The zero-order valence-electron chi connectivity index (χ0n) is 12.4. The Labute approximate surface area is 119 Å². The molecule has 7 nitrogen and oxygen atoms in total. The van der Waals surface area contributed by atoms with Gasteiger partial charge in [-0.3, -0.25) is 4.79 Å². The molecule has 1 heterocycles. The third kappa shape index (κ3) is 3.97. The van der Waals surface area contributed by atoms with Crippen molar-refractivity contribution in [1.82, 2.24) is 9.97 Å². The Bertz CT molecular complexity index is 450. The van der Waals surface area contributed by atoms with Crippen molar-refractivity contribution < 1.29 is 9.53 Å². The molecule has 1 aromatic rings. The second kappa shape index (κ2) is 7.52. The third-order valence-electron chi connectivity index (χ3n) is 2.82. The molecule has 0 aromatic carbocycles. The van der Waals surface area contributed by atoms with Gasteiger partial charge in [0.2, 0.25) is 11.7 Å². The highest BCUT2D eigenvalue weighted by Gasteiger charge is 2.22. The fourth-order valence-electron chi connectivity index (χ4n) is 1.75. The molecule has 20 heavy (non-hydrogen) atoms. The molecule has 0 aliphatic heterocycles. The lowest BCUT2D eigenvalue weighted by molar-refractivity contribution is -0.119. The number of anilines is 2. The van der Waals surface area contributed by atoms with E-state index >= 15 is 0 Å². The molecule has 1 unspecified atom stereocenters. The highest BCUT2D eigenvalue weighted by atomic mass is 16.5. The summed E-state index contributed by atoms with van der Waals surface area (Å²) in [7, 11) is 1.54. The Morgan fingerprint density at radius 1 is 1.40 bits per heavy atom. The van der Waals surface area contributed by atoms with Crippen molar-refractivity contribution in [3.8, 4) is 5.75 Å². The van der Waals surface area contributed by atoms with Crippen molar-refractivity contribution >= 4 is 17.5 Å². The lowest BCUT2D eigenvalue weighted by atomic mass is 10.0. The number of methoxy groups -OCH3 is 1. The summed E-state index contributed by atoms with van der Waals surface area (Å²) in [4.78, 5) is 19.7. The molecular weight excluding hydrogens is 258 g/mol. The van der Waals surface area contributed by atoms with Gasteiger partial charge in [-0.25, -0.2) is 9.97 Å². The van der Waals surface area contributed by atoms with Gasteiger partial charge in [-0.05, 0) is 12.3 Å². The smallest absolute Gasteiger partial charge is 0.240 e. The first kappa shape index (κ1) is 16.0. The van der Waals surface area contributed by atoms with Crippen molar-refractivity contribution in [3.05, 3.63) is 6.33 Å². The number of ether oxygens (including phenoxy) is 1. The van der Waals surface area contributed by atoms with Crippen LogP contribution >= 0.6 is 0 Å². The summed E-state index contributed by atoms with van der Waals surface area (Å²) in [6.07, 6.45) is 2.38. The highest BCUT2D eigenvalue weighted by molar-refractivity contribution is 5.83. The van der Waals surface area contributed by atoms with Crippen LogP contribution in [-0.2, 0) is 4.79 Å². The predicted octanol–water partition coefficient (Wildman–Crippen LogP) is 1.23. The summed E-state index contributed by atoms with van der Waals surface area (Å²) < 4.78 is 5.33. The highest BCUT2D eigenvalue weighted by Crippen LogP contribution is 2.29. The number of rotatable bonds is 8. The standard InChI is InChI=1S/C13H23N5O2/c1-5-6-15-12-10(20-4)13(17-7-16-12)18-9(8(2)3)11(14)19/h7-9H,5-6H2,1-4H3,(H2,14,19)(H2,15,16,17,18). The number of amides is 1. The summed E-state index contributed by atoms with van der Waals surface area (Å²) in [6, 6.07) is -0.516. The number of primary amides is 1. The van der Waals surface area contributed by atoms with Gasteiger partial charge in [-0.2, -0.15) is 0 Å². The molecule has 0 radical (unpaired) electrons. The van der Waals surface area contributed by atoms with Crippen LogP contribution in [0.3, 0.4) is 0 Å². The molecule has 7 heteroatoms. The molecular formula is C13H23N5O2. The number of carbonyl (C=O) groups excluding carboxylic acids is 1. The number of hydrogen-bond donors (Lipinski definition) is 3. The number of nitrogens with two attached hydrogens (primary N) is 1. The van der Waals surface area contributed by atoms with E-state index in [1.165, 1.54) is 13.4 Å². The molecule has 4 N–H and O–H groups in total. The minimum absolute atomic E-state index is 0.0409. The molecule has 1 amide bonds. The van der Waals surface area contributed by atoms with Gasteiger partial charge in [0.25, 0.3) is 0 Å². The second-order valence-electron chi connectivity index (χ2n) is 4.80. The number of nitrogens with one attached hydrogen (secondary N) is 2. The number of carbonyl (C=O) groups is 1. The van der Waals surface area contributed by atoms with Crippen molar-refractivity contribution in [2.45, 2.75) is 33.2 Å². The summed E-state index contributed by atoms with van der Waals surface area (Å²) >= 11 is 0. The average molecular weight is 281 g/mol. The van der Waals surface area contributed by atoms with Gasteiger partial charge in [0, 0.05) is 6.54 Å². The van der Waals surface area contributed by atoms with Crippen LogP contribution in [0.5, 0.6) is 5.75 Å². The van der Waals surface area contributed by atoms with Gasteiger partial charge in [-0.1, -0.05) is 20.8 Å². The molecule has 0 fully saturated rings. The fourth-order valence-corrected chi connectivity index (χ4v) is 1.75. The van der Waals surface area contributed by atoms with Crippen LogP contribution in [0.4, 0.5) is 11.6 Å². The van der Waals surface area contributed by atoms with Crippen LogP contribution in [0.2, 0.25) is 0 Å². The summed E-state index contributed by atoms with van der Waals surface area (Å²) in [5, 5.41) is 6.18. The van der Waals surface area contributed by atoms with Crippen molar-refractivity contribution in [3.63, 3.8) is 0 Å². The van der Waals surface area contributed by atoms with Crippen LogP contribution in [0.25, 0.3) is 0 Å². The van der Waals surface area contributed by atoms with E-state index in [-0.39, 0.29) is 5.92 Å². The van der Waals surface area contributed by atoms with Crippen molar-refractivity contribution in [2.75, 3.05) is 24.3 Å². The number of hydrogen-bond acceptors (Lipinski definition) is 6. The maximum Gasteiger partial charge on any atom is 0.240 e. The van der Waals surface area contributed by atoms with E-state index < -0.39 is 11.9 Å². The van der Waals surface area contributed by atoms with Crippen LogP contribution in [-0.4, -0.2) is 35.6 Å². The normalized spacial score (nSPS) is 12.1. The lowest BCUT2D eigenvalue weighted by Gasteiger charge is -2.21. The topological polar surface area (TPSA) is 102 Å². The minimum atomic E-state index is -0.516. The molecule has 0 aliphatic rings. The molecule has 0 aliphatic carbocycles. The van der Waals surface area contributed by atoms with Gasteiger partial charge in [0.1, 0.15) is 12.4 Å². The van der Waals surface area contributed by atoms with Crippen LogP contribution in [0.1, 0.15) is 27.2 Å². The monoisotopic (exact) mass is 281 g/mol. The van der Waals surface area contributed by atoms with Crippen molar-refractivity contribution in [1.29, 1.82) is 0 Å². The Morgan fingerprint density at radius 2 is 2.05 bits per heavy atom. The Kier molecular flexibility index (Phi) is 6.02.